The van der Waals surface area contributed by atoms with E-state index >= 15 is 0 Å². The van der Waals surface area contributed by atoms with Crippen molar-refractivity contribution in [3.8, 4) is 0 Å². The first-order valence-corrected chi connectivity index (χ1v) is 6.58. The van der Waals surface area contributed by atoms with Crippen LogP contribution in [0.2, 0.25) is 0 Å². The first kappa shape index (κ1) is 15.4. The Morgan fingerprint density at radius 1 is 1.05 bits per heavy atom. The summed E-state index contributed by atoms with van der Waals surface area (Å²) in [6.45, 7) is 0. The minimum absolute atomic E-state index is 0.293. The van der Waals surface area contributed by atoms with Gasteiger partial charge >= 0.3 is 5.97 Å². The second kappa shape index (κ2) is 7.17. The minimum Gasteiger partial charge on any atom is -0.481 e. The normalized spacial score (nSPS) is 10.6. The largest absolute Gasteiger partial charge is 0.481 e. The van der Waals surface area contributed by atoms with Crippen LogP contribution < -0.4 is 5.32 Å². The highest BCUT2D eigenvalue weighted by molar-refractivity contribution is 6.01. The Kier molecular flexibility index (Phi) is 5.03. The van der Waals surface area contributed by atoms with Crippen LogP contribution in [0.25, 0.3) is 12.2 Å². The molecule has 0 spiro atoms. The van der Waals surface area contributed by atoms with Crippen molar-refractivity contribution in [1.82, 2.24) is 0 Å². The Hall–Kier alpha value is -2.95. The monoisotopic (exact) mass is 299 g/mol. The maximum Gasteiger partial charge on any atom is 0.312 e. The van der Waals surface area contributed by atoms with Gasteiger partial charge in [-0.3, -0.25) is 9.59 Å². The molecular formula is C17H14FNO3. The Labute approximate surface area is 126 Å². The second-order valence-corrected chi connectivity index (χ2v) is 4.63. The van der Waals surface area contributed by atoms with Crippen LogP contribution in [0.4, 0.5) is 10.1 Å². The molecule has 0 atom stereocenters. The third kappa shape index (κ3) is 4.86. The number of carbonyl (C=O) groups is 2. The van der Waals surface area contributed by atoms with E-state index in [0.29, 0.717) is 5.69 Å². The lowest BCUT2D eigenvalue weighted by Gasteiger charge is -2.03. The highest BCUT2D eigenvalue weighted by Crippen LogP contribution is 2.13. The summed E-state index contributed by atoms with van der Waals surface area (Å²) in [5.41, 5.74) is 2.15. The number of halogens is 1. The fourth-order valence-corrected chi connectivity index (χ4v) is 1.82. The number of carbonyl (C=O) groups excluding carboxylic acids is 1. The van der Waals surface area contributed by atoms with Gasteiger partial charge in [0.05, 0.1) is 0 Å². The number of rotatable bonds is 5. The van der Waals surface area contributed by atoms with Crippen LogP contribution in [-0.4, -0.2) is 17.0 Å². The van der Waals surface area contributed by atoms with Gasteiger partial charge in [0.1, 0.15) is 12.2 Å². The fourth-order valence-electron chi connectivity index (χ4n) is 1.82. The first-order chi connectivity index (χ1) is 10.5. The van der Waals surface area contributed by atoms with Gasteiger partial charge in [0.25, 0.3) is 0 Å². The fraction of sp³-hybridized carbons (Fsp3) is 0.0588. The van der Waals surface area contributed by atoms with E-state index < -0.39 is 18.3 Å². The summed E-state index contributed by atoms with van der Waals surface area (Å²) in [5, 5.41) is 11.0. The van der Waals surface area contributed by atoms with Crippen LogP contribution in [0.1, 0.15) is 17.5 Å². The van der Waals surface area contributed by atoms with E-state index in [0.717, 1.165) is 11.1 Å². The van der Waals surface area contributed by atoms with Gasteiger partial charge < -0.3 is 10.4 Å². The van der Waals surface area contributed by atoms with Crippen molar-refractivity contribution in [3.05, 3.63) is 65.5 Å². The molecule has 0 aliphatic rings. The van der Waals surface area contributed by atoms with E-state index in [1.54, 1.807) is 42.5 Å². The standard InChI is InChI=1S/C17H14FNO3/c18-14-3-1-2-13(10-14)5-4-12-6-8-15(9-7-12)19-16(20)11-17(21)22/h1-10H,11H2,(H,19,20)(H,21,22)/b5-4+. The van der Waals surface area contributed by atoms with E-state index in [2.05, 4.69) is 5.32 Å². The zero-order chi connectivity index (χ0) is 15.9. The van der Waals surface area contributed by atoms with Crippen LogP contribution in [0.3, 0.4) is 0 Å². The Bertz CT molecular complexity index is 708. The van der Waals surface area contributed by atoms with E-state index in [4.69, 9.17) is 5.11 Å². The Morgan fingerprint density at radius 3 is 2.36 bits per heavy atom. The molecule has 0 heterocycles. The molecule has 0 fully saturated rings. The summed E-state index contributed by atoms with van der Waals surface area (Å²) in [7, 11) is 0. The maximum absolute atomic E-state index is 13.0. The average Bonchev–Trinajstić information content (AvgIpc) is 2.46. The molecule has 2 N–H and O–H groups in total. The van der Waals surface area contributed by atoms with E-state index in [1.165, 1.54) is 12.1 Å². The number of carboxylic acids is 1. The molecule has 1 amide bonds. The first-order valence-electron chi connectivity index (χ1n) is 6.58. The molecule has 0 saturated heterocycles. The minimum atomic E-state index is -1.17. The molecule has 0 aliphatic heterocycles. The van der Waals surface area contributed by atoms with Gasteiger partial charge in [0, 0.05) is 5.69 Å². The van der Waals surface area contributed by atoms with Crippen LogP contribution in [0, 0.1) is 5.82 Å². The number of hydrogen-bond acceptors (Lipinski definition) is 2. The van der Waals surface area contributed by atoms with E-state index in [9.17, 15) is 14.0 Å². The van der Waals surface area contributed by atoms with Gasteiger partial charge in [-0.1, -0.05) is 36.4 Å². The van der Waals surface area contributed by atoms with Crippen molar-refractivity contribution in [1.29, 1.82) is 0 Å². The number of anilines is 1. The molecule has 0 aliphatic carbocycles. The number of nitrogens with one attached hydrogen (secondary N) is 1. The van der Waals surface area contributed by atoms with Gasteiger partial charge in [-0.05, 0) is 35.4 Å². The summed E-state index contributed by atoms with van der Waals surface area (Å²) in [6, 6.07) is 13.1. The summed E-state index contributed by atoms with van der Waals surface area (Å²) < 4.78 is 13.0. The molecule has 22 heavy (non-hydrogen) atoms. The number of aliphatic carboxylic acids is 1. The smallest absolute Gasteiger partial charge is 0.312 e. The summed E-state index contributed by atoms with van der Waals surface area (Å²) >= 11 is 0. The number of carboxylic acid groups (broad SMARTS) is 1. The van der Waals surface area contributed by atoms with Crippen molar-refractivity contribution in [2.45, 2.75) is 6.42 Å². The van der Waals surface area contributed by atoms with Crippen LogP contribution in [0.15, 0.2) is 48.5 Å². The SMILES string of the molecule is O=C(O)CC(=O)Nc1ccc(/C=C/c2cccc(F)c2)cc1. The predicted molar refractivity (Wildman–Crippen MR) is 82.7 cm³/mol. The quantitative estimate of drug-likeness (QED) is 0.657. The highest BCUT2D eigenvalue weighted by Gasteiger charge is 2.07. The Balaban J connectivity index is 2.00. The maximum atomic E-state index is 13.0. The molecule has 2 rings (SSSR count). The lowest BCUT2D eigenvalue weighted by atomic mass is 10.1. The summed E-state index contributed by atoms with van der Waals surface area (Å²) in [5.74, 6) is -2.04. The molecule has 5 heteroatoms. The average molecular weight is 299 g/mol. The third-order valence-corrected chi connectivity index (χ3v) is 2.82. The van der Waals surface area contributed by atoms with Gasteiger partial charge in [-0.25, -0.2) is 4.39 Å². The predicted octanol–water partition coefficient (Wildman–Crippen LogP) is 3.41. The zero-order valence-electron chi connectivity index (χ0n) is 11.6. The molecular weight excluding hydrogens is 285 g/mol. The van der Waals surface area contributed by atoms with Gasteiger partial charge in [-0.15, -0.1) is 0 Å². The van der Waals surface area contributed by atoms with E-state index in [1.807, 2.05) is 6.08 Å². The number of hydrogen-bond donors (Lipinski definition) is 2. The highest BCUT2D eigenvalue weighted by atomic mass is 19.1. The van der Waals surface area contributed by atoms with Crippen molar-refractivity contribution < 1.29 is 19.1 Å². The molecule has 0 saturated carbocycles. The van der Waals surface area contributed by atoms with Crippen molar-refractivity contribution in [2.24, 2.45) is 0 Å². The summed E-state index contributed by atoms with van der Waals surface area (Å²) in [6.07, 6.45) is 3.03. The molecule has 4 nitrogen and oxygen atoms in total. The molecule has 2 aromatic rings. The molecule has 0 radical (unpaired) electrons. The van der Waals surface area contributed by atoms with Crippen LogP contribution in [-0.2, 0) is 9.59 Å². The molecule has 0 bridgehead atoms. The second-order valence-electron chi connectivity index (χ2n) is 4.63. The topological polar surface area (TPSA) is 66.4 Å². The van der Waals surface area contributed by atoms with E-state index in [-0.39, 0.29) is 5.82 Å². The summed E-state index contributed by atoms with van der Waals surface area (Å²) in [4.78, 5) is 21.7. The Morgan fingerprint density at radius 2 is 1.73 bits per heavy atom. The molecule has 112 valence electrons. The third-order valence-electron chi connectivity index (χ3n) is 2.82. The lowest BCUT2D eigenvalue weighted by Crippen LogP contribution is -2.15. The van der Waals surface area contributed by atoms with Gasteiger partial charge in [0.2, 0.25) is 5.91 Å². The zero-order valence-corrected chi connectivity index (χ0v) is 11.6. The van der Waals surface area contributed by atoms with Gasteiger partial charge in [0.15, 0.2) is 0 Å². The van der Waals surface area contributed by atoms with Crippen molar-refractivity contribution in [3.63, 3.8) is 0 Å². The van der Waals surface area contributed by atoms with Crippen LogP contribution >= 0.6 is 0 Å². The number of amides is 1. The van der Waals surface area contributed by atoms with Crippen molar-refractivity contribution >= 4 is 29.7 Å². The lowest BCUT2D eigenvalue weighted by molar-refractivity contribution is -0.139. The molecule has 2 aromatic carbocycles. The molecule has 0 aromatic heterocycles. The van der Waals surface area contributed by atoms with Gasteiger partial charge in [-0.2, -0.15) is 0 Å². The number of benzene rings is 2. The molecule has 0 unspecified atom stereocenters. The van der Waals surface area contributed by atoms with Crippen molar-refractivity contribution in [2.75, 3.05) is 5.32 Å². The van der Waals surface area contributed by atoms with Crippen LogP contribution in [0.5, 0.6) is 0 Å².